The van der Waals surface area contributed by atoms with Crippen molar-refractivity contribution in [3.05, 3.63) is 48.0 Å². The number of carbonyl (C=O) groups is 1. The Morgan fingerprint density at radius 1 is 1.13 bits per heavy atom. The summed E-state index contributed by atoms with van der Waals surface area (Å²) >= 11 is 0. The van der Waals surface area contributed by atoms with Crippen LogP contribution in [0.2, 0.25) is 0 Å². The highest BCUT2D eigenvalue weighted by Gasteiger charge is 2.26. The van der Waals surface area contributed by atoms with Gasteiger partial charge in [0.1, 0.15) is 28.4 Å². The van der Waals surface area contributed by atoms with Crippen molar-refractivity contribution in [2.24, 2.45) is 0 Å². The van der Waals surface area contributed by atoms with E-state index in [9.17, 15) is 4.79 Å². The van der Waals surface area contributed by atoms with E-state index >= 15 is 0 Å². The van der Waals surface area contributed by atoms with Gasteiger partial charge in [-0.15, -0.1) is 0 Å². The lowest BCUT2D eigenvalue weighted by Crippen LogP contribution is -2.32. The first kappa shape index (κ1) is 20.5. The van der Waals surface area contributed by atoms with Crippen LogP contribution in [0.25, 0.3) is 27.9 Å². The Morgan fingerprint density at radius 3 is 2.48 bits per heavy atom. The van der Waals surface area contributed by atoms with Gasteiger partial charge in [-0.3, -0.25) is 9.36 Å². The molecule has 2 aromatic heterocycles. The third-order valence-electron chi connectivity index (χ3n) is 5.34. The summed E-state index contributed by atoms with van der Waals surface area (Å²) in [6.45, 7) is 3.95. The zero-order chi connectivity index (χ0) is 22.1. The molecule has 0 fully saturated rings. The molecule has 0 spiro atoms. The van der Waals surface area contributed by atoms with Gasteiger partial charge in [0.2, 0.25) is 0 Å². The Labute approximate surface area is 180 Å². The molecule has 0 aliphatic carbocycles. The van der Waals surface area contributed by atoms with Crippen molar-refractivity contribution in [2.75, 3.05) is 20.0 Å². The van der Waals surface area contributed by atoms with Crippen LogP contribution >= 0.6 is 0 Å². The Morgan fingerprint density at radius 2 is 1.84 bits per heavy atom. The van der Waals surface area contributed by atoms with Crippen molar-refractivity contribution in [1.82, 2.24) is 19.9 Å². The number of methoxy groups -OCH3 is 2. The summed E-state index contributed by atoms with van der Waals surface area (Å²) in [5.41, 5.74) is 9.80. The molecule has 0 aliphatic rings. The van der Waals surface area contributed by atoms with Gasteiger partial charge >= 0.3 is 0 Å². The number of hydrogen-bond donors (Lipinski definition) is 2. The summed E-state index contributed by atoms with van der Waals surface area (Å²) in [5.74, 6) is 1.14. The molecule has 2 aromatic carbocycles. The van der Waals surface area contributed by atoms with Crippen molar-refractivity contribution >= 4 is 33.9 Å². The molecule has 0 saturated carbocycles. The highest BCUT2D eigenvalue weighted by molar-refractivity contribution is 6.11. The second-order valence-electron chi connectivity index (χ2n) is 7.30. The number of nitrogens with one attached hydrogen (secondary N) is 1. The van der Waals surface area contributed by atoms with E-state index < -0.39 is 0 Å². The Balaban J connectivity index is 2.04. The van der Waals surface area contributed by atoms with E-state index in [1.165, 1.54) is 0 Å². The van der Waals surface area contributed by atoms with Gasteiger partial charge in [-0.1, -0.05) is 19.1 Å². The molecule has 0 bridgehead atoms. The fraction of sp³-hybridized carbons (Fsp3) is 0.261. The molecule has 1 amide bonds. The van der Waals surface area contributed by atoms with E-state index in [2.05, 4.69) is 5.32 Å². The van der Waals surface area contributed by atoms with Crippen molar-refractivity contribution in [3.63, 3.8) is 0 Å². The highest BCUT2D eigenvalue weighted by Crippen LogP contribution is 2.36. The smallest absolute Gasteiger partial charge is 0.257 e. The lowest BCUT2D eigenvalue weighted by molar-refractivity contribution is 0.0941. The number of amides is 1. The first-order chi connectivity index (χ1) is 15.0. The van der Waals surface area contributed by atoms with Crippen LogP contribution < -0.4 is 20.5 Å². The van der Waals surface area contributed by atoms with Crippen LogP contribution in [-0.4, -0.2) is 40.7 Å². The van der Waals surface area contributed by atoms with Gasteiger partial charge in [-0.2, -0.15) is 0 Å². The summed E-state index contributed by atoms with van der Waals surface area (Å²) in [4.78, 5) is 22.7. The predicted octanol–water partition coefficient (Wildman–Crippen LogP) is 3.70. The Kier molecular flexibility index (Phi) is 5.37. The lowest BCUT2D eigenvalue weighted by Gasteiger charge is -2.14. The van der Waals surface area contributed by atoms with E-state index in [4.69, 9.17) is 25.2 Å². The molecule has 0 aliphatic heterocycles. The summed E-state index contributed by atoms with van der Waals surface area (Å²) in [5, 5.41) is 2.99. The molecule has 8 nitrogen and oxygen atoms in total. The number of nitrogen functional groups attached to an aromatic ring is 1. The number of nitrogens with zero attached hydrogens (tertiary/aromatic N) is 3. The van der Waals surface area contributed by atoms with Crippen LogP contribution in [0.1, 0.15) is 30.6 Å². The first-order valence-electron chi connectivity index (χ1n) is 10.1. The van der Waals surface area contributed by atoms with E-state index in [-0.39, 0.29) is 17.8 Å². The van der Waals surface area contributed by atoms with E-state index in [1.807, 2.05) is 44.2 Å². The number of ether oxygens (including phenoxy) is 2. The van der Waals surface area contributed by atoms with Crippen LogP contribution in [0, 0.1) is 0 Å². The number of anilines is 1. The Bertz CT molecular complexity index is 1280. The number of hydrogen-bond acceptors (Lipinski definition) is 6. The van der Waals surface area contributed by atoms with Gasteiger partial charge in [0.15, 0.2) is 5.65 Å². The van der Waals surface area contributed by atoms with E-state index in [0.717, 1.165) is 6.42 Å². The molecule has 4 rings (SSSR count). The number of para-hydroxylation sites is 2. The molecule has 31 heavy (non-hydrogen) atoms. The molecule has 0 saturated heterocycles. The molecular formula is C23H25N5O3. The number of fused-ring (bicyclic) bond motifs is 2. The monoisotopic (exact) mass is 419 g/mol. The van der Waals surface area contributed by atoms with E-state index in [1.54, 1.807) is 30.9 Å². The van der Waals surface area contributed by atoms with Gasteiger partial charge < -0.3 is 20.5 Å². The maximum Gasteiger partial charge on any atom is 0.257 e. The van der Waals surface area contributed by atoms with Crippen molar-refractivity contribution < 1.29 is 14.3 Å². The summed E-state index contributed by atoms with van der Waals surface area (Å²) in [6, 6.07) is 12.9. The van der Waals surface area contributed by atoms with Gasteiger partial charge in [0, 0.05) is 12.1 Å². The first-order valence-corrected chi connectivity index (χ1v) is 10.1. The molecule has 0 unspecified atom stereocenters. The third kappa shape index (κ3) is 3.50. The zero-order valence-corrected chi connectivity index (χ0v) is 18.0. The number of rotatable bonds is 6. The normalized spacial score (nSPS) is 12.1. The standard InChI is InChI=1S/C23H25N5O3/c1-5-13(2)25-23(29)19-20-22(27-16-9-7-6-8-15(16)26-20)28(21(19)24)17-11-10-14(30-3)12-18(17)31-4/h6-13H,5,24H2,1-4H3,(H,25,29)/t13-/m1/s1. The molecule has 4 aromatic rings. The van der Waals surface area contributed by atoms with Gasteiger partial charge in [0.05, 0.1) is 30.9 Å². The van der Waals surface area contributed by atoms with Crippen molar-refractivity contribution in [1.29, 1.82) is 0 Å². The second kappa shape index (κ2) is 8.14. The number of carbonyl (C=O) groups excluding carboxylic acids is 1. The van der Waals surface area contributed by atoms with Crippen LogP contribution in [0.5, 0.6) is 11.5 Å². The summed E-state index contributed by atoms with van der Waals surface area (Å²) < 4.78 is 12.6. The van der Waals surface area contributed by atoms with Crippen LogP contribution in [0.4, 0.5) is 5.82 Å². The maximum absolute atomic E-state index is 13.2. The number of aromatic nitrogens is 3. The van der Waals surface area contributed by atoms with Crippen molar-refractivity contribution in [2.45, 2.75) is 26.3 Å². The highest BCUT2D eigenvalue weighted by atomic mass is 16.5. The Hall–Kier alpha value is -3.81. The quantitative estimate of drug-likeness (QED) is 0.494. The maximum atomic E-state index is 13.2. The topological polar surface area (TPSA) is 104 Å². The summed E-state index contributed by atoms with van der Waals surface area (Å²) in [7, 11) is 3.15. The van der Waals surface area contributed by atoms with Crippen LogP contribution in [-0.2, 0) is 0 Å². The van der Waals surface area contributed by atoms with Gasteiger partial charge in [-0.05, 0) is 37.6 Å². The minimum Gasteiger partial charge on any atom is -0.497 e. The molecule has 1 atom stereocenters. The summed E-state index contributed by atoms with van der Waals surface area (Å²) in [6.07, 6.45) is 0.797. The largest absolute Gasteiger partial charge is 0.497 e. The van der Waals surface area contributed by atoms with Gasteiger partial charge in [0.25, 0.3) is 5.91 Å². The van der Waals surface area contributed by atoms with Crippen LogP contribution in [0.3, 0.4) is 0 Å². The van der Waals surface area contributed by atoms with Gasteiger partial charge in [-0.25, -0.2) is 9.97 Å². The second-order valence-corrected chi connectivity index (χ2v) is 7.30. The predicted molar refractivity (Wildman–Crippen MR) is 121 cm³/mol. The molecule has 3 N–H and O–H groups in total. The minimum atomic E-state index is -0.285. The minimum absolute atomic E-state index is 0.00534. The third-order valence-corrected chi connectivity index (χ3v) is 5.34. The van der Waals surface area contributed by atoms with Crippen molar-refractivity contribution in [3.8, 4) is 17.2 Å². The van der Waals surface area contributed by atoms with Crippen LogP contribution in [0.15, 0.2) is 42.5 Å². The molecule has 2 heterocycles. The number of benzene rings is 2. The molecular weight excluding hydrogens is 394 g/mol. The molecule has 8 heteroatoms. The fourth-order valence-electron chi connectivity index (χ4n) is 3.50. The van der Waals surface area contributed by atoms with E-state index in [0.29, 0.717) is 44.9 Å². The molecule has 0 radical (unpaired) electrons. The zero-order valence-electron chi connectivity index (χ0n) is 18.0. The lowest BCUT2D eigenvalue weighted by atomic mass is 10.2. The molecule has 160 valence electrons. The average molecular weight is 419 g/mol. The number of nitrogens with two attached hydrogens (primary N) is 1. The fourth-order valence-corrected chi connectivity index (χ4v) is 3.50. The SMILES string of the molecule is CC[C@@H](C)NC(=O)c1c(N)n(-c2ccc(OC)cc2OC)c2nc3ccccc3nc12. The average Bonchev–Trinajstić information content (AvgIpc) is 3.07.